The van der Waals surface area contributed by atoms with E-state index in [2.05, 4.69) is 4.72 Å². The Morgan fingerprint density at radius 3 is 2.19 bits per heavy atom. The van der Waals surface area contributed by atoms with E-state index in [4.69, 9.17) is 0 Å². The third-order valence-electron chi connectivity index (χ3n) is 4.12. The Morgan fingerprint density at radius 2 is 1.71 bits per heavy atom. The minimum absolute atomic E-state index is 0.0440. The summed E-state index contributed by atoms with van der Waals surface area (Å²) in [7, 11) is -3.68. The average molecular weight is 311 g/mol. The highest BCUT2D eigenvalue weighted by Gasteiger charge is 2.42. The van der Waals surface area contributed by atoms with Crippen LogP contribution in [0.2, 0.25) is 0 Å². The molecule has 1 aromatic rings. The highest BCUT2D eigenvalue weighted by molar-refractivity contribution is 7.89. The van der Waals surface area contributed by atoms with E-state index < -0.39 is 21.4 Å². The highest BCUT2D eigenvalue weighted by Crippen LogP contribution is 2.38. The Hall–Kier alpha value is -1.40. The number of sulfonamides is 1. The first-order chi connectivity index (χ1) is 9.75. The Labute approximate surface area is 125 Å². The third-order valence-corrected chi connectivity index (χ3v) is 5.50. The topological polar surface area (TPSA) is 83.5 Å². The van der Waals surface area contributed by atoms with Crippen LogP contribution in [0.25, 0.3) is 0 Å². The summed E-state index contributed by atoms with van der Waals surface area (Å²) < 4.78 is 27.2. The third kappa shape index (κ3) is 3.44. The van der Waals surface area contributed by atoms with Gasteiger partial charge in [-0.05, 0) is 49.9 Å². The molecule has 116 valence electrons. The van der Waals surface area contributed by atoms with E-state index >= 15 is 0 Å². The monoisotopic (exact) mass is 311 g/mol. The lowest BCUT2D eigenvalue weighted by Gasteiger charge is -2.24. The van der Waals surface area contributed by atoms with Crippen LogP contribution in [-0.4, -0.2) is 26.0 Å². The lowest BCUT2D eigenvalue weighted by Crippen LogP contribution is -2.41. The van der Waals surface area contributed by atoms with Crippen molar-refractivity contribution in [3.05, 3.63) is 29.3 Å². The molecule has 1 aliphatic rings. The van der Waals surface area contributed by atoms with Crippen LogP contribution in [0, 0.1) is 19.3 Å². The predicted molar refractivity (Wildman–Crippen MR) is 79.6 cm³/mol. The van der Waals surface area contributed by atoms with E-state index in [1.807, 2.05) is 19.9 Å². The van der Waals surface area contributed by atoms with Crippen molar-refractivity contribution in [2.45, 2.75) is 44.4 Å². The van der Waals surface area contributed by atoms with Gasteiger partial charge in [0.05, 0.1) is 10.3 Å². The molecule has 0 radical (unpaired) electrons. The molecule has 2 rings (SSSR count). The lowest BCUT2D eigenvalue weighted by atomic mass is 9.87. The standard InChI is InChI=1S/C15H21NO4S/c1-11-7-12(2)9-13(8-11)21(19,20)16-10-15(14(17)18)5-3-4-6-15/h7-9,16H,3-6,10H2,1-2H3,(H,17,18). The second-order valence-electron chi connectivity index (χ2n) is 5.94. The van der Waals surface area contributed by atoms with Crippen molar-refractivity contribution >= 4 is 16.0 Å². The molecule has 1 fully saturated rings. The van der Waals surface area contributed by atoms with Gasteiger partial charge in [-0.2, -0.15) is 0 Å². The quantitative estimate of drug-likeness (QED) is 0.873. The van der Waals surface area contributed by atoms with Crippen molar-refractivity contribution in [2.24, 2.45) is 5.41 Å². The summed E-state index contributed by atoms with van der Waals surface area (Å²) in [6.45, 7) is 3.63. The van der Waals surface area contributed by atoms with Gasteiger partial charge >= 0.3 is 5.97 Å². The Kier molecular flexibility index (Phi) is 4.39. The van der Waals surface area contributed by atoms with Crippen molar-refractivity contribution in [1.82, 2.24) is 4.72 Å². The first-order valence-corrected chi connectivity index (χ1v) is 8.55. The molecule has 0 unspecified atom stereocenters. The number of rotatable bonds is 5. The molecule has 0 amide bonds. The molecule has 0 aliphatic heterocycles. The maximum absolute atomic E-state index is 12.4. The summed E-state index contributed by atoms with van der Waals surface area (Å²) in [6.07, 6.45) is 2.71. The van der Waals surface area contributed by atoms with Crippen LogP contribution in [0.5, 0.6) is 0 Å². The zero-order valence-electron chi connectivity index (χ0n) is 12.3. The van der Waals surface area contributed by atoms with Gasteiger partial charge in [-0.3, -0.25) is 4.79 Å². The van der Waals surface area contributed by atoms with E-state index in [0.717, 1.165) is 24.0 Å². The summed E-state index contributed by atoms with van der Waals surface area (Å²) in [4.78, 5) is 11.6. The summed E-state index contributed by atoms with van der Waals surface area (Å²) >= 11 is 0. The Balaban J connectivity index is 2.19. The molecule has 0 heterocycles. The van der Waals surface area contributed by atoms with Gasteiger partial charge in [-0.1, -0.05) is 18.9 Å². The lowest BCUT2D eigenvalue weighted by molar-refractivity contribution is -0.148. The summed E-state index contributed by atoms with van der Waals surface area (Å²) in [6, 6.07) is 5.09. The second kappa shape index (κ2) is 5.77. The second-order valence-corrected chi connectivity index (χ2v) is 7.71. The van der Waals surface area contributed by atoms with Crippen LogP contribution in [0.15, 0.2) is 23.1 Å². The molecule has 1 saturated carbocycles. The molecular weight excluding hydrogens is 290 g/mol. The number of carboxylic acids is 1. The molecule has 0 aromatic heterocycles. The summed E-state index contributed by atoms with van der Waals surface area (Å²) in [5.41, 5.74) is 0.778. The molecule has 5 nitrogen and oxygen atoms in total. The smallest absolute Gasteiger partial charge is 0.310 e. The number of hydrogen-bond acceptors (Lipinski definition) is 3. The zero-order chi connectivity index (χ0) is 15.7. The molecule has 6 heteroatoms. The molecular formula is C15H21NO4S. The van der Waals surface area contributed by atoms with E-state index in [9.17, 15) is 18.3 Å². The minimum atomic E-state index is -3.68. The van der Waals surface area contributed by atoms with E-state index in [0.29, 0.717) is 12.8 Å². The predicted octanol–water partition coefficient (Wildman–Crippen LogP) is 2.23. The van der Waals surface area contributed by atoms with Crippen LogP contribution < -0.4 is 4.72 Å². The normalized spacial score (nSPS) is 17.8. The molecule has 21 heavy (non-hydrogen) atoms. The fourth-order valence-electron chi connectivity index (χ4n) is 2.92. The van der Waals surface area contributed by atoms with Crippen LogP contribution >= 0.6 is 0 Å². The highest BCUT2D eigenvalue weighted by atomic mass is 32.2. The van der Waals surface area contributed by atoms with Crippen molar-refractivity contribution in [3.8, 4) is 0 Å². The molecule has 0 atom stereocenters. The van der Waals surface area contributed by atoms with Gasteiger partial charge in [-0.25, -0.2) is 13.1 Å². The molecule has 0 bridgehead atoms. The van der Waals surface area contributed by atoms with E-state index in [1.54, 1.807) is 12.1 Å². The van der Waals surface area contributed by atoms with Crippen LogP contribution in [0.4, 0.5) is 0 Å². The number of aryl methyl sites for hydroxylation is 2. The maximum atomic E-state index is 12.4. The van der Waals surface area contributed by atoms with Crippen molar-refractivity contribution < 1.29 is 18.3 Å². The molecule has 2 N–H and O–H groups in total. The molecule has 0 saturated heterocycles. The summed E-state index contributed by atoms with van der Waals surface area (Å²) in [5, 5.41) is 9.38. The van der Waals surface area contributed by atoms with Gasteiger partial charge in [0.1, 0.15) is 0 Å². The molecule has 1 aromatic carbocycles. The van der Waals surface area contributed by atoms with E-state index in [1.165, 1.54) is 0 Å². The van der Waals surface area contributed by atoms with Crippen LogP contribution in [0.1, 0.15) is 36.8 Å². The van der Waals surface area contributed by atoms with Crippen LogP contribution in [-0.2, 0) is 14.8 Å². The zero-order valence-corrected chi connectivity index (χ0v) is 13.2. The number of carbonyl (C=O) groups is 1. The Bertz CT molecular complexity index is 625. The van der Waals surface area contributed by atoms with Gasteiger partial charge in [0.25, 0.3) is 0 Å². The van der Waals surface area contributed by atoms with Gasteiger partial charge < -0.3 is 5.11 Å². The van der Waals surface area contributed by atoms with Gasteiger partial charge in [0.2, 0.25) is 10.0 Å². The number of nitrogens with one attached hydrogen (secondary N) is 1. The fraction of sp³-hybridized carbons (Fsp3) is 0.533. The first-order valence-electron chi connectivity index (χ1n) is 7.07. The van der Waals surface area contributed by atoms with Gasteiger partial charge in [0.15, 0.2) is 0 Å². The largest absolute Gasteiger partial charge is 0.481 e. The average Bonchev–Trinajstić information content (AvgIpc) is 2.85. The van der Waals surface area contributed by atoms with Crippen molar-refractivity contribution in [2.75, 3.05) is 6.54 Å². The fourth-order valence-corrected chi connectivity index (χ4v) is 4.24. The van der Waals surface area contributed by atoms with Crippen LogP contribution in [0.3, 0.4) is 0 Å². The van der Waals surface area contributed by atoms with E-state index in [-0.39, 0.29) is 11.4 Å². The maximum Gasteiger partial charge on any atom is 0.310 e. The summed E-state index contributed by atoms with van der Waals surface area (Å²) in [5.74, 6) is -0.914. The first kappa shape index (κ1) is 16.0. The number of carboxylic acid groups (broad SMARTS) is 1. The molecule has 0 spiro atoms. The van der Waals surface area contributed by atoms with Crippen molar-refractivity contribution in [1.29, 1.82) is 0 Å². The number of hydrogen-bond donors (Lipinski definition) is 2. The van der Waals surface area contributed by atoms with Gasteiger partial charge in [0, 0.05) is 6.54 Å². The number of benzene rings is 1. The SMILES string of the molecule is Cc1cc(C)cc(S(=O)(=O)NCC2(C(=O)O)CCCC2)c1. The van der Waals surface area contributed by atoms with Crippen molar-refractivity contribution in [3.63, 3.8) is 0 Å². The minimum Gasteiger partial charge on any atom is -0.481 e. The number of aliphatic carboxylic acids is 1. The van der Waals surface area contributed by atoms with Gasteiger partial charge in [-0.15, -0.1) is 0 Å². The Morgan fingerprint density at radius 1 is 1.19 bits per heavy atom. The molecule has 1 aliphatic carbocycles.